The number of sulfonamides is 1. The lowest BCUT2D eigenvalue weighted by molar-refractivity contribution is -0.645. The Labute approximate surface area is 343 Å². The lowest BCUT2D eigenvalue weighted by Crippen LogP contribution is -2.47. The molecule has 1 aliphatic heterocycles. The van der Waals surface area contributed by atoms with Gasteiger partial charge in [0.15, 0.2) is 12.5 Å². The number of carbonyl (C=O) groups excluding carboxylic acids is 1. The molecule has 58 heavy (non-hydrogen) atoms. The number of aromatic nitrogens is 1. The Kier molecular flexibility index (Phi) is 13.3. The van der Waals surface area contributed by atoms with E-state index in [9.17, 15) is 23.5 Å². The number of aliphatic hydroxyl groups excluding tert-OH is 1. The maximum Gasteiger partial charge on any atom is 0.251 e. The predicted octanol–water partition coefficient (Wildman–Crippen LogP) is 7.33. The van der Waals surface area contributed by atoms with Crippen molar-refractivity contribution in [3.8, 4) is 11.1 Å². The first-order valence-corrected chi connectivity index (χ1v) is 21.5. The smallest absolute Gasteiger partial charge is 0.251 e. The number of carbonyl (C=O) groups is 1. The minimum atomic E-state index is -3.99. The first kappa shape index (κ1) is 40.8. The number of thioether (sulfide) groups is 1. The Bertz CT molecular complexity index is 2400. The van der Waals surface area contributed by atoms with Crippen molar-refractivity contribution in [2.75, 3.05) is 5.75 Å². The van der Waals surface area contributed by atoms with E-state index in [0.717, 1.165) is 49.2 Å². The fourth-order valence-corrected chi connectivity index (χ4v) is 8.95. The average molecular weight is 816 g/mol. The Morgan fingerprint density at radius 3 is 2.24 bits per heavy atom. The molecule has 0 spiro atoms. The molecule has 10 nitrogen and oxygen atoms in total. The highest BCUT2D eigenvalue weighted by Crippen LogP contribution is 2.40. The summed E-state index contributed by atoms with van der Waals surface area (Å²) in [6, 6.07) is 43.5. The molecule has 1 aromatic heterocycles. The highest BCUT2D eigenvalue weighted by atomic mass is 32.2. The second-order valence-electron chi connectivity index (χ2n) is 14.2. The standard InChI is InChI=1S/C46H45N3O7S2/c1-32-14-24-40(25-15-32)58(53,54)48-42(27-33-9-3-2-4-10-33)45(51)47-29-38-11-5-6-12-41(38)35-20-22-37(23-21-35)46-55-39(31-57-44-13-7-8-26-49(44)52)28-43(56-46)36-18-16-34(30-50)17-19-36/h2-26,39,42-43,46,48,50H,27-31H2,1H3,(H,47,51). The molecule has 1 fully saturated rings. The van der Waals surface area contributed by atoms with Crippen LogP contribution in [0, 0.1) is 12.1 Å². The van der Waals surface area contributed by atoms with Gasteiger partial charge in [-0.05, 0) is 64.9 Å². The molecule has 0 bridgehead atoms. The molecule has 0 radical (unpaired) electrons. The van der Waals surface area contributed by atoms with Crippen molar-refractivity contribution in [1.82, 2.24) is 10.0 Å². The van der Waals surface area contributed by atoms with Crippen molar-refractivity contribution >= 4 is 27.7 Å². The van der Waals surface area contributed by atoms with Crippen LogP contribution < -0.4 is 14.8 Å². The van der Waals surface area contributed by atoms with Gasteiger partial charge < -0.3 is 25.1 Å². The Morgan fingerprint density at radius 1 is 0.828 bits per heavy atom. The second kappa shape index (κ2) is 18.9. The van der Waals surface area contributed by atoms with Gasteiger partial charge in [-0.25, -0.2) is 8.42 Å². The molecule has 2 heterocycles. The highest BCUT2D eigenvalue weighted by Gasteiger charge is 2.33. The van der Waals surface area contributed by atoms with Gasteiger partial charge in [-0.15, -0.1) is 0 Å². The fraction of sp³-hybridized carbons (Fsp3) is 0.217. The van der Waals surface area contributed by atoms with Gasteiger partial charge in [0.05, 0.1) is 23.7 Å². The molecule has 4 unspecified atom stereocenters. The van der Waals surface area contributed by atoms with Crippen LogP contribution in [0.2, 0.25) is 0 Å². The molecule has 4 atom stereocenters. The van der Waals surface area contributed by atoms with Crippen LogP contribution in [0.1, 0.15) is 52.2 Å². The molecule has 5 aromatic carbocycles. The van der Waals surface area contributed by atoms with E-state index in [1.165, 1.54) is 30.1 Å². The summed E-state index contributed by atoms with van der Waals surface area (Å²) >= 11 is 1.44. The lowest BCUT2D eigenvalue weighted by atomic mass is 9.97. The molecular weight excluding hydrogens is 771 g/mol. The molecule has 1 saturated heterocycles. The highest BCUT2D eigenvalue weighted by molar-refractivity contribution is 7.99. The zero-order chi connectivity index (χ0) is 40.5. The van der Waals surface area contributed by atoms with E-state index >= 15 is 0 Å². The second-order valence-corrected chi connectivity index (χ2v) is 17.0. The van der Waals surface area contributed by atoms with Crippen molar-refractivity contribution in [3.63, 3.8) is 0 Å². The van der Waals surface area contributed by atoms with Crippen molar-refractivity contribution in [1.29, 1.82) is 0 Å². The number of nitrogens with zero attached hydrogens (tertiary/aromatic N) is 1. The number of nitrogens with one attached hydrogen (secondary N) is 2. The Morgan fingerprint density at radius 2 is 1.52 bits per heavy atom. The predicted molar refractivity (Wildman–Crippen MR) is 224 cm³/mol. The van der Waals surface area contributed by atoms with Crippen LogP contribution in [0.25, 0.3) is 11.1 Å². The Balaban J connectivity index is 1.07. The van der Waals surface area contributed by atoms with Gasteiger partial charge in [-0.2, -0.15) is 9.45 Å². The van der Waals surface area contributed by atoms with E-state index in [-0.39, 0.29) is 36.7 Å². The van der Waals surface area contributed by atoms with E-state index < -0.39 is 28.3 Å². The summed E-state index contributed by atoms with van der Waals surface area (Å²) in [5, 5.41) is 25.5. The molecular formula is C46H45N3O7S2. The van der Waals surface area contributed by atoms with E-state index in [1.807, 2.05) is 116 Å². The number of pyridine rings is 1. The zero-order valence-corrected chi connectivity index (χ0v) is 33.6. The fourth-order valence-electron chi connectivity index (χ4n) is 6.82. The number of rotatable bonds is 15. The summed E-state index contributed by atoms with van der Waals surface area (Å²) in [5.41, 5.74) is 7.04. The van der Waals surface area contributed by atoms with Gasteiger partial charge >= 0.3 is 0 Å². The summed E-state index contributed by atoms with van der Waals surface area (Å²) < 4.78 is 43.4. The number of amides is 1. The van der Waals surface area contributed by atoms with Crippen LogP contribution in [0.5, 0.6) is 0 Å². The third kappa shape index (κ3) is 10.4. The van der Waals surface area contributed by atoms with Crippen LogP contribution in [0.15, 0.2) is 162 Å². The van der Waals surface area contributed by atoms with Crippen molar-refractivity contribution in [2.24, 2.45) is 0 Å². The van der Waals surface area contributed by atoms with Crippen molar-refractivity contribution in [3.05, 3.63) is 190 Å². The third-order valence-electron chi connectivity index (χ3n) is 10.0. The quantitative estimate of drug-likeness (QED) is 0.0557. The van der Waals surface area contributed by atoms with Crippen molar-refractivity contribution in [2.45, 2.75) is 67.4 Å². The summed E-state index contributed by atoms with van der Waals surface area (Å²) in [6.45, 7) is 2.01. The lowest BCUT2D eigenvalue weighted by Gasteiger charge is -2.36. The minimum Gasteiger partial charge on any atom is -0.618 e. The number of hydrogen-bond acceptors (Lipinski definition) is 8. The summed E-state index contributed by atoms with van der Waals surface area (Å²) in [5.74, 6) is 0.107. The van der Waals surface area contributed by atoms with Gasteiger partial charge in [0.1, 0.15) is 6.04 Å². The molecule has 1 aliphatic rings. The van der Waals surface area contributed by atoms with Crippen molar-refractivity contribution < 1.29 is 32.5 Å². The monoisotopic (exact) mass is 815 g/mol. The largest absolute Gasteiger partial charge is 0.618 e. The molecule has 1 amide bonds. The number of benzene rings is 5. The first-order chi connectivity index (χ1) is 28.1. The Hall–Kier alpha value is -5.34. The molecule has 6 aromatic rings. The normalized spacial score (nSPS) is 17.4. The van der Waals surface area contributed by atoms with Crippen LogP contribution in [-0.4, -0.2) is 37.3 Å². The molecule has 298 valence electrons. The van der Waals surface area contributed by atoms with Crippen LogP contribution >= 0.6 is 11.8 Å². The third-order valence-corrected chi connectivity index (χ3v) is 12.7. The van der Waals surface area contributed by atoms with E-state index in [0.29, 0.717) is 17.2 Å². The van der Waals surface area contributed by atoms with E-state index in [4.69, 9.17) is 9.47 Å². The van der Waals surface area contributed by atoms with Gasteiger partial charge in [0, 0.05) is 36.4 Å². The number of ether oxygens (including phenoxy) is 2. The molecule has 7 rings (SSSR count). The number of aliphatic hydroxyl groups is 1. The van der Waals surface area contributed by atoms with Crippen LogP contribution in [0.3, 0.4) is 0 Å². The van der Waals surface area contributed by atoms with E-state index in [1.54, 1.807) is 24.3 Å². The van der Waals surface area contributed by atoms with Crippen LogP contribution in [0.4, 0.5) is 0 Å². The first-order valence-electron chi connectivity index (χ1n) is 19.1. The van der Waals surface area contributed by atoms with Gasteiger partial charge in [0.25, 0.3) is 5.03 Å². The molecule has 0 saturated carbocycles. The number of aryl methyl sites for hydroxylation is 1. The summed E-state index contributed by atoms with van der Waals surface area (Å²) in [6.07, 6.45) is 1.07. The SMILES string of the molecule is Cc1ccc(S(=O)(=O)NC(Cc2ccccc2)C(=O)NCc2ccccc2-c2ccc(C3OC(CSc4cccc[n+]4[O-])CC(c4ccc(CO)cc4)O3)cc2)cc1. The van der Waals surface area contributed by atoms with Gasteiger partial charge in [-0.3, -0.25) is 4.79 Å². The minimum absolute atomic E-state index is 0.0459. The number of hydrogen-bond donors (Lipinski definition) is 3. The van der Waals surface area contributed by atoms with Crippen LogP contribution in [-0.2, 0) is 43.9 Å². The zero-order valence-electron chi connectivity index (χ0n) is 31.9. The topological polar surface area (TPSA) is 141 Å². The summed E-state index contributed by atoms with van der Waals surface area (Å²) in [4.78, 5) is 13.9. The van der Waals surface area contributed by atoms with Gasteiger partial charge in [0.2, 0.25) is 15.9 Å². The molecule has 12 heteroatoms. The maximum atomic E-state index is 13.8. The maximum absolute atomic E-state index is 13.8. The molecule has 3 N–H and O–H groups in total. The van der Waals surface area contributed by atoms with E-state index in [2.05, 4.69) is 10.0 Å². The summed E-state index contributed by atoms with van der Waals surface area (Å²) in [7, 11) is -3.99. The average Bonchev–Trinajstić information content (AvgIpc) is 3.25. The van der Waals surface area contributed by atoms with Gasteiger partial charge in [-0.1, -0.05) is 133 Å². The molecule has 0 aliphatic carbocycles.